The number of rotatable bonds is 12. The first-order valence-corrected chi connectivity index (χ1v) is 13.5. The Morgan fingerprint density at radius 3 is 2.37 bits per heavy atom. The van der Waals surface area contributed by atoms with Crippen molar-refractivity contribution in [3.63, 3.8) is 0 Å². The third-order valence-electron chi connectivity index (χ3n) is 7.96. The van der Waals surface area contributed by atoms with Crippen molar-refractivity contribution in [2.45, 2.75) is 71.9 Å². The smallest absolute Gasteiger partial charge is 0.303 e. The Labute approximate surface area is 224 Å². The van der Waals surface area contributed by atoms with Crippen molar-refractivity contribution in [2.75, 3.05) is 13.1 Å². The van der Waals surface area contributed by atoms with Gasteiger partial charge in [0.1, 0.15) is 6.04 Å². The van der Waals surface area contributed by atoms with E-state index < -0.39 is 17.9 Å². The summed E-state index contributed by atoms with van der Waals surface area (Å²) in [6, 6.07) is 13.0. The number of carbonyl (C=O) groups is 3. The summed E-state index contributed by atoms with van der Waals surface area (Å²) in [6.07, 6.45) is 2.31. The molecule has 1 saturated heterocycles. The molecule has 2 amide bonds. The molecule has 0 aromatic heterocycles. The molecule has 2 aliphatic heterocycles. The maximum atomic E-state index is 13.0. The minimum absolute atomic E-state index is 0.0115. The second-order valence-corrected chi connectivity index (χ2v) is 10.9. The van der Waals surface area contributed by atoms with Crippen LogP contribution in [-0.2, 0) is 40.6 Å². The number of fused-ring (bicyclic) bond motifs is 1. The van der Waals surface area contributed by atoms with Gasteiger partial charge in [0.2, 0.25) is 5.91 Å². The molecule has 1 fully saturated rings. The molecule has 3 N–H and O–H groups in total. The van der Waals surface area contributed by atoms with Crippen LogP contribution >= 0.6 is 0 Å². The number of primary amides is 1. The van der Waals surface area contributed by atoms with Gasteiger partial charge in [0.05, 0.1) is 13.2 Å². The first-order valence-electron chi connectivity index (χ1n) is 13.5. The van der Waals surface area contributed by atoms with Gasteiger partial charge in [-0.05, 0) is 72.5 Å². The topological polar surface area (TPSA) is 113 Å². The number of aliphatic carboxylic acids is 1. The quantitative estimate of drug-likeness (QED) is 0.437. The molecular weight excluding hydrogens is 482 g/mol. The number of piperidine rings is 1. The van der Waals surface area contributed by atoms with E-state index >= 15 is 0 Å². The molecule has 2 aromatic carbocycles. The molecule has 2 heterocycles. The van der Waals surface area contributed by atoms with Crippen molar-refractivity contribution < 1.29 is 24.2 Å². The SMILES string of the molecule is CC(C)C1CCN(Cc2ccc(COCc3cccc4c3CN(C(CCC(=O)O)C(N)=O)C4=O)cc2)CC1. The predicted octanol–water partition coefficient (Wildman–Crippen LogP) is 3.95. The second-order valence-electron chi connectivity index (χ2n) is 10.9. The van der Waals surface area contributed by atoms with Crippen molar-refractivity contribution in [1.29, 1.82) is 0 Å². The van der Waals surface area contributed by atoms with Crippen LogP contribution in [0.3, 0.4) is 0 Å². The number of carboxylic acid groups (broad SMARTS) is 1. The number of carboxylic acids is 1. The van der Waals surface area contributed by atoms with Crippen LogP contribution in [0.15, 0.2) is 42.5 Å². The van der Waals surface area contributed by atoms with E-state index in [0.29, 0.717) is 18.8 Å². The van der Waals surface area contributed by atoms with Gasteiger partial charge in [0.25, 0.3) is 5.91 Å². The Bertz CT molecular complexity index is 1140. The normalized spacial score (nSPS) is 17.1. The third kappa shape index (κ3) is 6.79. The Balaban J connectivity index is 1.30. The Morgan fingerprint density at radius 1 is 1.05 bits per heavy atom. The third-order valence-corrected chi connectivity index (χ3v) is 7.96. The van der Waals surface area contributed by atoms with E-state index in [0.717, 1.165) is 48.2 Å². The van der Waals surface area contributed by atoms with Crippen molar-refractivity contribution >= 4 is 17.8 Å². The zero-order valence-electron chi connectivity index (χ0n) is 22.4. The van der Waals surface area contributed by atoms with E-state index in [-0.39, 0.29) is 25.3 Å². The van der Waals surface area contributed by atoms with Gasteiger partial charge < -0.3 is 20.5 Å². The summed E-state index contributed by atoms with van der Waals surface area (Å²) in [7, 11) is 0. The minimum Gasteiger partial charge on any atom is -0.481 e. The zero-order valence-corrected chi connectivity index (χ0v) is 22.4. The number of carbonyl (C=O) groups excluding carboxylic acids is 2. The molecule has 8 heteroatoms. The molecule has 0 aliphatic carbocycles. The summed E-state index contributed by atoms with van der Waals surface area (Å²) < 4.78 is 6.00. The van der Waals surface area contributed by atoms with Crippen molar-refractivity contribution in [3.05, 3.63) is 70.3 Å². The lowest BCUT2D eigenvalue weighted by Crippen LogP contribution is -2.45. The van der Waals surface area contributed by atoms with E-state index in [9.17, 15) is 14.4 Å². The van der Waals surface area contributed by atoms with Crippen LogP contribution in [0.25, 0.3) is 0 Å². The summed E-state index contributed by atoms with van der Waals surface area (Å²) in [6.45, 7) is 8.94. The van der Waals surface area contributed by atoms with Gasteiger partial charge in [-0.15, -0.1) is 0 Å². The second kappa shape index (κ2) is 12.5. The summed E-state index contributed by atoms with van der Waals surface area (Å²) >= 11 is 0. The lowest BCUT2D eigenvalue weighted by Gasteiger charge is -2.33. The Morgan fingerprint density at radius 2 is 1.74 bits per heavy atom. The maximum Gasteiger partial charge on any atom is 0.303 e. The highest BCUT2D eigenvalue weighted by Gasteiger charge is 2.36. The molecule has 0 spiro atoms. The Kier molecular flexibility index (Phi) is 9.17. The molecule has 204 valence electrons. The number of nitrogens with two attached hydrogens (primary N) is 1. The van der Waals surface area contributed by atoms with Crippen LogP contribution in [0.4, 0.5) is 0 Å². The minimum atomic E-state index is -1.03. The van der Waals surface area contributed by atoms with Crippen molar-refractivity contribution in [3.8, 4) is 0 Å². The highest BCUT2D eigenvalue weighted by atomic mass is 16.5. The number of amides is 2. The fourth-order valence-electron chi connectivity index (χ4n) is 5.57. The van der Waals surface area contributed by atoms with Crippen molar-refractivity contribution in [2.24, 2.45) is 17.6 Å². The molecule has 2 aromatic rings. The van der Waals surface area contributed by atoms with Crippen LogP contribution in [0.5, 0.6) is 0 Å². The van der Waals surface area contributed by atoms with E-state index in [1.54, 1.807) is 12.1 Å². The van der Waals surface area contributed by atoms with Crippen LogP contribution in [0, 0.1) is 11.8 Å². The molecule has 2 aliphatic rings. The van der Waals surface area contributed by atoms with E-state index in [1.165, 1.54) is 23.3 Å². The molecular formula is C30H39N3O5. The average Bonchev–Trinajstić information content (AvgIpc) is 3.22. The maximum absolute atomic E-state index is 13.0. The molecule has 0 bridgehead atoms. The van der Waals surface area contributed by atoms with Crippen LogP contribution < -0.4 is 5.73 Å². The van der Waals surface area contributed by atoms with Crippen LogP contribution in [-0.4, -0.2) is 51.8 Å². The highest BCUT2D eigenvalue weighted by molar-refractivity contribution is 6.01. The standard InChI is InChI=1S/C30H39N3O5/c1-20(2)23-12-14-32(15-13-23)16-21-6-8-22(9-7-21)18-38-19-24-4-3-5-25-26(24)17-33(30(25)37)27(29(31)36)10-11-28(34)35/h3-9,20,23,27H,10-19H2,1-2H3,(H2,31,36)(H,34,35). The molecule has 4 rings (SSSR count). The van der Waals surface area contributed by atoms with Gasteiger partial charge in [-0.3, -0.25) is 19.3 Å². The molecule has 1 unspecified atom stereocenters. The Hall–Kier alpha value is -3.23. The van der Waals surface area contributed by atoms with Gasteiger partial charge in [-0.25, -0.2) is 0 Å². The first-order chi connectivity index (χ1) is 18.2. The summed E-state index contributed by atoms with van der Waals surface area (Å²) in [4.78, 5) is 39.9. The van der Waals surface area contributed by atoms with Gasteiger partial charge in [0.15, 0.2) is 0 Å². The van der Waals surface area contributed by atoms with Gasteiger partial charge in [0, 0.05) is 25.1 Å². The number of likely N-dealkylation sites (tertiary alicyclic amines) is 1. The van der Waals surface area contributed by atoms with E-state index in [2.05, 4.69) is 43.0 Å². The lowest BCUT2D eigenvalue weighted by atomic mass is 9.86. The van der Waals surface area contributed by atoms with Crippen LogP contribution in [0.1, 0.15) is 72.1 Å². The number of benzene rings is 2. The lowest BCUT2D eigenvalue weighted by molar-refractivity contribution is -0.137. The summed E-state index contributed by atoms with van der Waals surface area (Å²) in [5.41, 5.74) is 10.1. The van der Waals surface area contributed by atoms with Crippen molar-refractivity contribution in [1.82, 2.24) is 9.80 Å². The van der Waals surface area contributed by atoms with Crippen LogP contribution in [0.2, 0.25) is 0 Å². The fourth-order valence-corrected chi connectivity index (χ4v) is 5.57. The molecule has 0 radical (unpaired) electrons. The summed E-state index contributed by atoms with van der Waals surface area (Å²) in [5.74, 6) is -0.425. The number of nitrogens with zero attached hydrogens (tertiary/aromatic N) is 2. The monoisotopic (exact) mass is 521 g/mol. The largest absolute Gasteiger partial charge is 0.481 e. The zero-order chi connectivity index (χ0) is 27.2. The van der Waals surface area contributed by atoms with E-state index in [1.807, 2.05) is 6.07 Å². The van der Waals surface area contributed by atoms with Gasteiger partial charge >= 0.3 is 5.97 Å². The molecule has 38 heavy (non-hydrogen) atoms. The molecule has 1 atom stereocenters. The number of hydrogen-bond acceptors (Lipinski definition) is 5. The molecule has 0 saturated carbocycles. The summed E-state index contributed by atoms with van der Waals surface area (Å²) in [5, 5.41) is 9.00. The van der Waals surface area contributed by atoms with Gasteiger partial charge in [-0.2, -0.15) is 0 Å². The fraction of sp³-hybridized carbons (Fsp3) is 0.500. The predicted molar refractivity (Wildman–Crippen MR) is 144 cm³/mol. The average molecular weight is 522 g/mol. The first kappa shape index (κ1) is 27.8. The highest BCUT2D eigenvalue weighted by Crippen LogP contribution is 2.30. The molecule has 8 nitrogen and oxygen atoms in total. The van der Waals surface area contributed by atoms with E-state index in [4.69, 9.17) is 15.6 Å². The number of ether oxygens (including phenoxy) is 1. The van der Waals surface area contributed by atoms with Gasteiger partial charge in [-0.1, -0.05) is 50.2 Å². The number of hydrogen-bond donors (Lipinski definition) is 2.